The Hall–Kier alpha value is -2.62. The van der Waals surface area contributed by atoms with Gasteiger partial charge in [-0.15, -0.1) is 0 Å². The molecule has 1 heterocycles. The second-order valence-corrected chi connectivity index (χ2v) is 6.34. The van der Waals surface area contributed by atoms with Crippen LogP contribution in [0, 0.1) is 0 Å². The van der Waals surface area contributed by atoms with Crippen LogP contribution in [0.25, 0.3) is 0 Å². The molecule has 122 valence electrons. The number of carbonyl (C=O) groups is 1. The fraction of sp³-hybridized carbons (Fsp3) is 0.300. The minimum absolute atomic E-state index is 0.122. The van der Waals surface area contributed by atoms with Gasteiger partial charge in [-0.3, -0.25) is 4.79 Å². The summed E-state index contributed by atoms with van der Waals surface area (Å²) in [4.78, 5) is 17.9. The second kappa shape index (κ2) is 6.48. The van der Waals surface area contributed by atoms with Crippen LogP contribution < -0.4 is 5.32 Å². The molecule has 0 saturated carbocycles. The Kier molecular flexibility index (Phi) is 4.03. The molecule has 1 aliphatic heterocycles. The molecule has 4 rings (SSSR count). The predicted octanol–water partition coefficient (Wildman–Crippen LogP) is 3.70. The molecule has 1 N–H and O–H groups in total. The Balaban J connectivity index is 1.45. The second-order valence-electron chi connectivity index (χ2n) is 6.34. The molecular weight excluding hydrogens is 300 g/mol. The number of rotatable bonds is 3. The minimum atomic E-state index is -0.556. The number of carbonyl (C=O) groups excluding carboxylic acids is 1. The Morgan fingerprint density at radius 1 is 1.04 bits per heavy atom. The van der Waals surface area contributed by atoms with E-state index in [0.717, 1.165) is 29.8 Å². The van der Waals surface area contributed by atoms with Crippen LogP contribution in [-0.2, 0) is 22.5 Å². The Labute approximate surface area is 141 Å². The van der Waals surface area contributed by atoms with E-state index < -0.39 is 6.10 Å². The van der Waals surface area contributed by atoms with Crippen molar-refractivity contribution in [2.45, 2.75) is 38.2 Å². The zero-order chi connectivity index (χ0) is 16.4. The fourth-order valence-electron chi connectivity index (χ4n) is 3.43. The van der Waals surface area contributed by atoms with Crippen molar-refractivity contribution >= 4 is 17.3 Å². The van der Waals surface area contributed by atoms with Crippen LogP contribution in [0.2, 0.25) is 0 Å². The maximum Gasteiger partial charge on any atom is 0.268 e. The molecule has 1 unspecified atom stereocenters. The third-order valence-electron chi connectivity index (χ3n) is 4.72. The Morgan fingerprint density at radius 2 is 1.88 bits per heavy atom. The van der Waals surface area contributed by atoms with Gasteiger partial charge in [-0.2, -0.15) is 0 Å². The van der Waals surface area contributed by atoms with Gasteiger partial charge in [0.05, 0.1) is 5.71 Å². The van der Waals surface area contributed by atoms with E-state index in [2.05, 4.69) is 16.5 Å². The number of hydrogen-bond donors (Lipinski definition) is 1. The number of anilines is 1. The number of amides is 1. The van der Waals surface area contributed by atoms with Crippen LogP contribution in [0.5, 0.6) is 0 Å². The summed E-state index contributed by atoms with van der Waals surface area (Å²) in [5.41, 5.74) is 5.39. The lowest BCUT2D eigenvalue weighted by molar-refractivity contribution is -0.125. The summed E-state index contributed by atoms with van der Waals surface area (Å²) in [6.07, 6.45) is 4.49. The van der Waals surface area contributed by atoms with Gasteiger partial charge in [0, 0.05) is 12.1 Å². The molecule has 0 spiro atoms. The van der Waals surface area contributed by atoms with Crippen LogP contribution in [0.4, 0.5) is 5.69 Å². The lowest BCUT2D eigenvalue weighted by Crippen LogP contribution is -2.28. The first kappa shape index (κ1) is 14.9. The summed E-state index contributed by atoms with van der Waals surface area (Å²) in [7, 11) is 0. The minimum Gasteiger partial charge on any atom is -0.382 e. The van der Waals surface area contributed by atoms with Crippen molar-refractivity contribution < 1.29 is 9.63 Å². The maximum absolute atomic E-state index is 12.6. The molecule has 2 aromatic rings. The number of nitrogens with zero attached hydrogens (tertiary/aromatic N) is 1. The van der Waals surface area contributed by atoms with Gasteiger partial charge < -0.3 is 10.2 Å². The van der Waals surface area contributed by atoms with Gasteiger partial charge >= 0.3 is 0 Å². The highest BCUT2D eigenvalue weighted by Crippen LogP contribution is 2.28. The highest BCUT2D eigenvalue weighted by molar-refractivity contribution is 6.06. The van der Waals surface area contributed by atoms with E-state index in [9.17, 15) is 4.79 Å². The van der Waals surface area contributed by atoms with E-state index in [1.807, 2.05) is 42.5 Å². The van der Waals surface area contributed by atoms with Crippen LogP contribution in [0.3, 0.4) is 0 Å². The Bertz CT molecular complexity index is 783. The molecule has 4 heteroatoms. The van der Waals surface area contributed by atoms with Crippen LogP contribution in [0.15, 0.2) is 53.7 Å². The number of oxime groups is 1. The highest BCUT2D eigenvalue weighted by Gasteiger charge is 2.29. The van der Waals surface area contributed by atoms with Gasteiger partial charge in [0.2, 0.25) is 6.10 Å². The van der Waals surface area contributed by atoms with Gasteiger partial charge in [0.1, 0.15) is 0 Å². The molecule has 0 aromatic heterocycles. The van der Waals surface area contributed by atoms with Crippen LogP contribution in [0.1, 0.15) is 36.0 Å². The summed E-state index contributed by atoms with van der Waals surface area (Å²) in [5.74, 6) is -0.122. The lowest BCUT2D eigenvalue weighted by Gasteiger charge is -2.20. The van der Waals surface area contributed by atoms with Crippen molar-refractivity contribution in [2.75, 3.05) is 5.32 Å². The normalized spacial score (nSPS) is 19.2. The van der Waals surface area contributed by atoms with Crippen LogP contribution >= 0.6 is 0 Å². The van der Waals surface area contributed by atoms with Gasteiger partial charge in [-0.05, 0) is 48.4 Å². The fourth-order valence-corrected chi connectivity index (χ4v) is 3.43. The molecule has 24 heavy (non-hydrogen) atoms. The van der Waals surface area contributed by atoms with Gasteiger partial charge in [0.15, 0.2) is 0 Å². The van der Waals surface area contributed by atoms with E-state index in [1.165, 1.54) is 24.0 Å². The summed E-state index contributed by atoms with van der Waals surface area (Å²) >= 11 is 0. The first-order valence-corrected chi connectivity index (χ1v) is 8.51. The predicted molar refractivity (Wildman–Crippen MR) is 94.2 cm³/mol. The van der Waals surface area contributed by atoms with E-state index in [0.29, 0.717) is 6.42 Å². The third kappa shape index (κ3) is 2.92. The molecule has 4 nitrogen and oxygen atoms in total. The van der Waals surface area contributed by atoms with Crippen molar-refractivity contribution in [3.63, 3.8) is 0 Å². The standard InChI is InChI=1S/C20H20N2O2/c23-20(19-13-18(22-24-19)15-8-2-1-3-9-15)21-17-12-6-10-14-7-4-5-11-16(14)17/h1-3,6,8-10,12,19H,4-5,7,11,13H2,(H,21,23). The van der Waals surface area contributed by atoms with E-state index in [4.69, 9.17) is 4.84 Å². The molecule has 1 amide bonds. The SMILES string of the molecule is O=C(Nc1cccc2c1CCCC2)C1CC(c2ccccc2)=NO1. The van der Waals surface area contributed by atoms with Gasteiger partial charge in [-0.1, -0.05) is 47.6 Å². The summed E-state index contributed by atoms with van der Waals surface area (Å²) in [6.45, 7) is 0. The first-order chi connectivity index (χ1) is 11.8. The monoisotopic (exact) mass is 320 g/mol. The van der Waals surface area contributed by atoms with Crippen molar-refractivity contribution in [1.29, 1.82) is 0 Å². The van der Waals surface area contributed by atoms with Crippen molar-refractivity contribution in [1.82, 2.24) is 0 Å². The third-order valence-corrected chi connectivity index (χ3v) is 4.72. The molecule has 0 bridgehead atoms. The van der Waals surface area contributed by atoms with Crippen molar-refractivity contribution in [2.24, 2.45) is 5.16 Å². The summed E-state index contributed by atoms with van der Waals surface area (Å²) < 4.78 is 0. The average molecular weight is 320 g/mol. The first-order valence-electron chi connectivity index (χ1n) is 8.51. The number of hydrogen-bond acceptors (Lipinski definition) is 3. The number of fused-ring (bicyclic) bond motifs is 1. The zero-order valence-electron chi connectivity index (χ0n) is 13.5. The maximum atomic E-state index is 12.6. The van der Waals surface area contributed by atoms with Crippen LogP contribution in [-0.4, -0.2) is 17.7 Å². The van der Waals surface area contributed by atoms with Crippen molar-refractivity contribution in [3.05, 3.63) is 65.2 Å². The summed E-state index contributed by atoms with van der Waals surface area (Å²) in [6, 6.07) is 16.0. The van der Waals surface area contributed by atoms with E-state index in [-0.39, 0.29) is 5.91 Å². The molecule has 2 aromatic carbocycles. The Morgan fingerprint density at radius 3 is 2.75 bits per heavy atom. The molecule has 1 aliphatic carbocycles. The average Bonchev–Trinajstić information content (AvgIpc) is 3.13. The number of nitrogens with one attached hydrogen (secondary N) is 1. The molecule has 0 saturated heterocycles. The summed E-state index contributed by atoms with van der Waals surface area (Å²) in [5, 5.41) is 7.14. The smallest absolute Gasteiger partial charge is 0.268 e. The molecule has 1 atom stereocenters. The lowest BCUT2D eigenvalue weighted by atomic mass is 9.90. The topological polar surface area (TPSA) is 50.7 Å². The number of benzene rings is 2. The zero-order valence-corrected chi connectivity index (χ0v) is 13.5. The largest absolute Gasteiger partial charge is 0.382 e. The molecule has 0 radical (unpaired) electrons. The molecule has 0 fully saturated rings. The van der Waals surface area contributed by atoms with Gasteiger partial charge in [-0.25, -0.2) is 0 Å². The van der Waals surface area contributed by atoms with E-state index >= 15 is 0 Å². The quantitative estimate of drug-likeness (QED) is 0.937. The highest BCUT2D eigenvalue weighted by atomic mass is 16.6. The number of aryl methyl sites for hydroxylation is 1. The molecule has 2 aliphatic rings. The molecular formula is C20H20N2O2. The van der Waals surface area contributed by atoms with Gasteiger partial charge in [0.25, 0.3) is 5.91 Å². The van der Waals surface area contributed by atoms with Crippen molar-refractivity contribution in [3.8, 4) is 0 Å². The van der Waals surface area contributed by atoms with E-state index in [1.54, 1.807) is 0 Å².